The molecule has 0 aliphatic carbocycles. The van der Waals surface area contributed by atoms with Crippen molar-refractivity contribution < 1.29 is 38.1 Å². The predicted octanol–water partition coefficient (Wildman–Crippen LogP) is 6.56. The van der Waals surface area contributed by atoms with Crippen molar-refractivity contribution in [3.05, 3.63) is 96.1 Å². The number of benzene rings is 3. The van der Waals surface area contributed by atoms with Gasteiger partial charge in [-0.1, -0.05) is 60.7 Å². The second kappa shape index (κ2) is 15.7. The van der Waals surface area contributed by atoms with Crippen LogP contribution in [0.15, 0.2) is 89.9 Å². The van der Waals surface area contributed by atoms with E-state index >= 15 is 0 Å². The van der Waals surface area contributed by atoms with Crippen LogP contribution in [0.2, 0.25) is 0 Å². The Bertz CT molecular complexity index is 1510. The van der Waals surface area contributed by atoms with Crippen LogP contribution in [0.3, 0.4) is 0 Å². The maximum atomic E-state index is 13.5. The van der Waals surface area contributed by atoms with Crippen molar-refractivity contribution in [3.8, 4) is 5.75 Å². The van der Waals surface area contributed by atoms with Crippen LogP contribution in [-0.4, -0.2) is 46.9 Å². The maximum Gasteiger partial charge on any atom is 0.414 e. The van der Waals surface area contributed by atoms with Crippen molar-refractivity contribution >= 4 is 35.9 Å². The molecule has 3 rings (SSSR count). The lowest BCUT2D eigenvalue weighted by molar-refractivity contribution is -0.141. The van der Waals surface area contributed by atoms with Crippen LogP contribution >= 0.6 is 0 Å². The van der Waals surface area contributed by atoms with Gasteiger partial charge in [0.1, 0.15) is 29.1 Å². The molecular weight excluding hydrogens is 604 g/mol. The SMILES string of the molecule is CC(C)(C)OC(=O)NC(=Nc1ccc(OC(=O)C(C)(Cc2ccccc2)NC(=O)OCc2ccccc2)cc1)NC(=O)OC(C)(C)C. The number of esters is 1. The van der Waals surface area contributed by atoms with Crippen molar-refractivity contribution in [1.82, 2.24) is 16.0 Å². The highest BCUT2D eigenvalue weighted by Crippen LogP contribution is 2.22. The van der Waals surface area contributed by atoms with Gasteiger partial charge in [-0.25, -0.2) is 24.2 Å². The van der Waals surface area contributed by atoms with Crippen LogP contribution < -0.4 is 20.7 Å². The van der Waals surface area contributed by atoms with Crippen LogP contribution in [-0.2, 0) is 32.0 Å². The normalized spacial score (nSPS) is 12.4. The molecule has 0 fully saturated rings. The fraction of sp³-hybridized carbons (Fsp3) is 0.343. The Morgan fingerprint density at radius 3 is 1.62 bits per heavy atom. The summed E-state index contributed by atoms with van der Waals surface area (Å²) < 4.78 is 21.6. The molecule has 3 N–H and O–H groups in total. The highest BCUT2D eigenvalue weighted by molar-refractivity contribution is 6.02. The topological polar surface area (TPSA) is 154 Å². The summed E-state index contributed by atoms with van der Waals surface area (Å²) in [5.74, 6) is -0.811. The van der Waals surface area contributed by atoms with Crippen molar-refractivity contribution in [2.24, 2.45) is 4.99 Å². The zero-order chi connectivity index (χ0) is 34.7. The third-order valence-electron chi connectivity index (χ3n) is 5.97. The molecule has 0 heterocycles. The highest BCUT2D eigenvalue weighted by Gasteiger charge is 2.38. The van der Waals surface area contributed by atoms with Gasteiger partial charge in [-0.2, -0.15) is 0 Å². The Morgan fingerprint density at radius 2 is 1.13 bits per heavy atom. The monoisotopic (exact) mass is 646 g/mol. The molecule has 0 saturated carbocycles. The Hall–Kier alpha value is -5.39. The van der Waals surface area contributed by atoms with Crippen LogP contribution in [0.1, 0.15) is 59.6 Å². The van der Waals surface area contributed by atoms with Gasteiger partial charge in [-0.3, -0.25) is 10.6 Å². The first-order valence-electron chi connectivity index (χ1n) is 14.9. The van der Waals surface area contributed by atoms with Gasteiger partial charge in [0.2, 0.25) is 5.96 Å². The van der Waals surface area contributed by atoms with Crippen LogP contribution in [0.4, 0.5) is 20.1 Å². The molecule has 3 aromatic carbocycles. The second-order valence-corrected chi connectivity index (χ2v) is 12.8. The molecule has 0 aliphatic rings. The summed E-state index contributed by atoms with van der Waals surface area (Å²) in [6, 6.07) is 24.3. The third-order valence-corrected chi connectivity index (χ3v) is 5.97. The lowest BCUT2D eigenvalue weighted by Gasteiger charge is -2.28. The lowest BCUT2D eigenvalue weighted by Crippen LogP contribution is -2.55. The van der Waals surface area contributed by atoms with Gasteiger partial charge in [0.05, 0.1) is 5.69 Å². The number of ether oxygens (including phenoxy) is 4. The van der Waals surface area contributed by atoms with E-state index in [0.717, 1.165) is 11.1 Å². The van der Waals surface area contributed by atoms with Crippen LogP contribution in [0.5, 0.6) is 5.75 Å². The van der Waals surface area contributed by atoms with Gasteiger partial charge in [-0.15, -0.1) is 0 Å². The van der Waals surface area contributed by atoms with Crippen LogP contribution in [0.25, 0.3) is 0 Å². The number of nitrogens with zero attached hydrogens (tertiary/aromatic N) is 1. The van der Waals surface area contributed by atoms with E-state index in [1.807, 2.05) is 60.7 Å². The van der Waals surface area contributed by atoms with Crippen molar-refractivity contribution in [2.75, 3.05) is 0 Å². The van der Waals surface area contributed by atoms with E-state index in [2.05, 4.69) is 20.9 Å². The number of nitrogens with one attached hydrogen (secondary N) is 3. The van der Waals surface area contributed by atoms with E-state index in [4.69, 9.17) is 18.9 Å². The summed E-state index contributed by atoms with van der Waals surface area (Å²) in [6.07, 6.45) is -2.34. The molecule has 47 heavy (non-hydrogen) atoms. The largest absolute Gasteiger partial charge is 0.445 e. The number of guanidine groups is 1. The predicted molar refractivity (Wildman–Crippen MR) is 176 cm³/mol. The van der Waals surface area contributed by atoms with Gasteiger partial charge >= 0.3 is 24.2 Å². The molecule has 3 amide bonds. The smallest absolute Gasteiger partial charge is 0.414 e. The number of carbonyl (C=O) groups is 4. The van der Waals surface area contributed by atoms with E-state index in [9.17, 15) is 19.2 Å². The standard InChI is InChI=1S/C35H42N4O8/c1-33(2,3)46-30(41)37-29(38-31(42)47-34(4,5)6)36-26-18-20-27(21-19-26)45-28(40)35(7,22-24-14-10-8-11-15-24)39-32(43)44-23-25-16-12-9-13-17-25/h8-21H,22-23H2,1-7H3,(H,39,43)(H2,36,37,38,41,42). The number of aliphatic imine (C=N–C) groups is 1. The van der Waals surface area contributed by atoms with Crippen molar-refractivity contribution in [2.45, 2.75) is 78.2 Å². The molecule has 0 bridgehead atoms. The molecule has 1 atom stereocenters. The molecule has 3 aromatic rings. The number of carbonyl (C=O) groups excluding carboxylic acids is 4. The van der Waals surface area contributed by atoms with Gasteiger partial charge in [0.25, 0.3) is 0 Å². The molecule has 12 heteroatoms. The molecule has 0 aliphatic heterocycles. The molecule has 0 saturated heterocycles. The Morgan fingerprint density at radius 1 is 0.638 bits per heavy atom. The van der Waals surface area contributed by atoms with Gasteiger partial charge in [0.15, 0.2) is 0 Å². The minimum absolute atomic E-state index is 0.0265. The maximum absolute atomic E-state index is 13.5. The highest BCUT2D eigenvalue weighted by atomic mass is 16.6. The van der Waals surface area contributed by atoms with Crippen molar-refractivity contribution in [1.29, 1.82) is 0 Å². The number of hydrogen-bond donors (Lipinski definition) is 3. The first-order chi connectivity index (χ1) is 22.0. The Labute approximate surface area is 274 Å². The molecule has 0 aromatic heterocycles. The number of alkyl carbamates (subject to hydrolysis) is 3. The summed E-state index contributed by atoms with van der Waals surface area (Å²) >= 11 is 0. The van der Waals surface area contributed by atoms with E-state index in [-0.39, 0.29) is 24.7 Å². The summed E-state index contributed by atoms with van der Waals surface area (Å²) in [6.45, 7) is 11.7. The van der Waals surface area contributed by atoms with Gasteiger partial charge in [-0.05, 0) is 83.9 Å². The van der Waals surface area contributed by atoms with E-state index in [0.29, 0.717) is 5.69 Å². The molecular formula is C35H42N4O8. The van der Waals surface area contributed by atoms with Gasteiger partial charge in [0, 0.05) is 6.42 Å². The average molecular weight is 647 g/mol. The number of rotatable bonds is 8. The molecule has 0 radical (unpaired) electrons. The second-order valence-electron chi connectivity index (χ2n) is 12.8. The molecule has 250 valence electrons. The molecule has 0 spiro atoms. The summed E-state index contributed by atoms with van der Waals surface area (Å²) in [5, 5.41) is 7.49. The Balaban J connectivity index is 1.77. The van der Waals surface area contributed by atoms with Gasteiger partial charge < -0.3 is 24.3 Å². The fourth-order valence-electron chi connectivity index (χ4n) is 3.98. The summed E-state index contributed by atoms with van der Waals surface area (Å²) in [4.78, 5) is 55.5. The Kier molecular flexibility index (Phi) is 12.1. The van der Waals surface area contributed by atoms with E-state index in [1.165, 1.54) is 24.3 Å². The van der Waals surface area contributed by atoms with E-state index < -0.39 is 41.0 Å². The summed E-state index contributed by atoms with van der Waals surface area (Å²) in [7, 11) is 0. The van der Waals surface area contributed by atoms with E-state index in [1.54, 1.807) is 48.5 Å². The van der Waals surface area contributed by atoms with Crippen LogP contribution in [0, 0.1) is 0 Å². The average Bonchev–Trinajstić information content (AvgIpc) is 2.96. The first kappa shape index (κ1) is 36.1. The third kappa shape index (κ3) is 13.2. The minimum atomic E-state index is -1.49. The fourth-order valence-corrected chi connectivity index (χ4v) is 3.98. The molecule has 12 nitrogen and oxygen atoms in total. The minimum Gasteiger partial charge on any atom is -0.445 e. The zero-order valence-electron chi connectivity index (χ0n) is 27.7. The molecule has 1 unspecified atom stereocenters. The quantitative estimate of drug-likeness (QED) is 0.0818. The zero-order valence-corrected chi connectivity index (χ0v) is 27.7. The first-order valence-corrected chi connectivity index (χ1v) is 14.9. The lowest BCUT2D eigenvalue weighted by atomic mass is 9.93. The van der Waals surface area contributed by atoms with Crippen molar-refractivity contribution in [3.63, 3.8) is 0 Å². The number of hydrogen-bond acceptors (Lipinski definition) is 9. The number of amides is 3. The summed E-state index contributed by atoms with van der Waals surface area (Å²) in [5.41, 5.74) is -1.20.